The molecule has 0 bridgehead atoms. The number of halogens is 3. The molecule has 0 aromatic carbocycles. The Morgan fingerprint density at radius 3 is 2.67 bits per heavy atom. The average molecular weight is 234 g/mol. The van der Waals surface area contributed by atoms with E-state index in [1.165, 1.54) is 6.07 Å². The van der Waals surface area contributed by atoms with Gasteiger partial charge in [0.1, 0.15) is 11.6 Å². The Morgan fingerprint density at radius 2 is 2.27 bits per heavy atom. The summed E-state index contributed by atoms with van der Waals surface area (Å²) >= 11 is 5.37. The highest BCUT2D eigenvalue weighted by atomic mass is 35.5. The van der Waals surface area contributed by atoms with Gasteiger partial charge in [0, 0.05) is 6.20 Å². The van der Waals surface area contributed by atoms with Crippen molar-refractivity contribution in [2.45, 2.75) is 6.43 Å². The summed E-state index contributed by atoms with van der Waals surface area (Å²) in [5.74, 6) is 0. The highest BCUT2D eigenvalue weighted by molar-refractivity contribution is 6.30. The van der Waals surface area contributed by atoms with Crippen LogP contribution in [0.4, 0.5) is 14.5 Å². The fourth-order valence-electron chi connectivity index (χ4n) is 0.949. The Bertz CT molecular complexity index is 458. The summed E-state index contributed by atoms with van der Waals surface area (Å²) in [6.45, 7) is 0. The molecule has 0 saturated carbocycles. The van der Waals surface area contributed by atoms with E-state index in [0.29, 0.717) is 6.20 Å². The van der Waals surface area contributed by atoms with E-state index in [1.807, 2.05) is 0 Å². The van der Waals surface area contributed by atoms with Gasteiger partial charge in [-0.05, 0) is 0 Å². The molecule has 0 N–H and O–H groups in total. The molecule has 8 heteroatoms. The van der Waals surface area contributed by atoms with Crippen molar-refractivity contribution in [3.63, 3.8) is 0 Å². The van der Waals surface area contributed by atoms with Crippen LogP contribution in [0.1, 0.15) is 17.6 Å². The molecule has 15 heavy (non-hydrogen) atoms. The van der Waals surface area contributed by atoms with Crippen LogP contribution in [-0.4, -0.2) is 9.91 Å². The molecule has 0 aliphatic carbocycles. The smallest absolute Gasteiger partial charge is 0.258 e. The lowest BCUT2D eigenvalue weighted by atomic mass is 10.1. The first kappa shape index (κ1) is 11.3. The zero-order valence-electron chi connectivity index (χ0n) is 6.95. The number of rotatable bonds is 2. The van der Waals surface area contributed by atoms with Crippen LogP contribution in [0.2, 0.25) is 5.15 Å². The van der Waals surface area contributed by atoms with Gasteiger partial charge in [0.15, 0.2) is 10.7 Å². The van der Waals surface area contributed by atoms with Crippen LogP contribution in [0, 0.1) is 21.4 Å². The molecule has 0 radical (unpaired) electrons. The molecule has 0 unspecified atom stereocenters. The van der Waals surface area contributed by atoms with E-state index < -0.39 is 33.3 Å². The van der Waals surface area contributed by atoms with Gasteiger partial charge in [-0.2, -0.15) is 5.26 Å². The van der Waals surface area contributed by atoms with E-state index in [2.05, 4.69) is 4.98 Å². The minimum absolute atomic E-state index is 0.464. The van der Waals surface area contributed by atoms with E-state index in [9.17, 15) is 18.9 Å². The molecule has 0 atom stereocenters. The van der Waals surface area contributed by atoms with Gasteiger partial charge in [-0.3, -0.25) is 10.1 Å². The predicted octanol–water partition coefficient (Wildman–Crippen LogP) is 2.45. The van der Waals surface area contributed by atoms with Crippen molar-refractivity contribution >= 4 is 17.3 Å². The number of nitriles is 1. The summed E-state index contributed by atoms with van der Waals surface area (Å²) in [7, 11) is 0. The van der Waals surface area contributed by atoms with Crippen molar-refractivity contribution in [2.24, 2.45) is 0 Å². The third-order valence-corrected chi connectivity index (χ3v) is 1.85. The van der Waals surface area contributed by atoms with Crippen molar-refractivity contribution in [3.05, 3.63) is 32.6 Å². The van der Waals surface area contributed by atoms with Gasteiger partial charge in [0.2, 0.25) is 0 Å². The Hall–Kier alpha value is -1.81. The van der Waals surface area contributed by atoms with Gasteiger partial charge in [-0.1, -0.05) is 11.6 Å². The first-order valence-electron chi connectivity index (χ1n) is 3.50. The maximum atomic E-state index is 12.3. The molecule has 0 spiro atoms. The first-order valence-corrected chi connectivity index (χ1v) is 3.87. The van der Waals surface area contributed by atoms with Crippen molar-refractivity contribution in [3.8, 4) is 6.07 Å². The van der Waals surface area contributed by atoms with Gasteiger partial charge in [-0.15, -0.1) is 0 Å². The average Bonchev–Trinajstić information content (AvgIpc) is 2.16. The highest BCUT2D eigenvalue weighted by Crippen LogP contribution is 2.33. The van der Waals surface area contributed by atoms with Crippen LogP contribution >= 0.6 is 11.6 Å². The molecule has 1 heterocycles. The maximum absolute atomic E-state index is 12.3. The lowest BCUT2D eigenvalue weighted by Crippen LogP contribution is -2.01. The third kappa shape index (κ3) is 1.99. The number of pyridine rings is 1. The van der Waals surface area contributed by atoms with Gasteiger partial charge >= 0.3 is 5.69 Å². The minimum Gasteiger partial charge on any atom is -0.258 e. The maximum Gasteiger partial charge on any atom is 0.300 e. The van der Waals surface area contributed by atoms with Crippen LogP contribution in [0.15, 0.2) is 6.20 Å². The van der Waals surface area contributed by atoms with Gasteiger partial charge in [0.05, 0.1) is 4.92 Å². The second-order valence-electron chi connectivity index (χ2n) is 2.40. The SMILES string of the molecule is N#Cc1c(Cl)ncc(C(F)F)c1[N+](=O)[O-]. The Kier molecular flexibility index (Phi) is 3.11. The van der Waals surface area contributed by atoms with Crippen LogP contribution in [0.3, 0.4) is 0 Å². The summed E-state index contributed by atoms with van der Waals surface area (Å²) in [4.78, 5) is 12.7. The van der Waals surface area contributed by atoms with Crippen LogP contribution in [-0.2, 0) is 0 Å². The van der Waals surface area contributed by atoms with Crippen LogP contribution in [0.5, 0.6) is 0 Å². The molecular formula is C7H2ClF2N3O2. The van der Waals surface area contributed by atoms with Crippen molar-refractivity contribution in [1.82, 2.24) is 4.98 Å². The topological polar surface area (TPSA) is 79.8 Å². The summed E-state index contributed by atoms with van der Waals surface area (Å²) in [6, 6.07) is 1.37. The number of aromatic nitrogens is 1. The van der Waals surface area contributed by atoms with Crippen molar-refractivity contribution < 1.29 is 13.7 Å². The minimum atomic E-state index is -3.08. The molecule has 0 aliphatic heterocycles. The number of alkyl halides is 2. The van der Waals surface area contributed by atoms with Crippen LogP contribution in [0.25, 0.3) is 0 Å². The first-order chi connectivity index (χ1) is 6.99. The second kappa shape index (κ2) is 4.14. The zero-order chi connectivity index (χ0) is 11.6. The molecular weight excluding hydrogens is 232 g/mol. The molecule has 0 fully saturated rings. The normalized spacial score (nSPS) is 10.1. The summed E-state index contributed by atoms with van der Waals surface area (Å²) in [5, 5.41) is 18.6. The fourth-order valence-corrected chi connectivity index (χ4v) is 1.13. The molecule has 0 amide bonds. The Balaban J connectivity index is 3.58. The fraction of sp³-hybridized carbons (Fsp3) is 0.143. The summed E-state index contributed by atoms with van der Waals surface area (Å²) < 4.78 is 24.7. The van der Waals surface area contributed by atoms with Gasteiger partial charge in [-0.25, -0.2) is 13.8 Å². The molecule has 0 aliphatic rings. The van der Waals surface area contributed by atoms with E-state index >= 15 is 0 Å². The van der Waals surface area contributed by atoms with Gasteiger partial charge in [0.25, 0.3) is 6.43 Å². The number of hydrogen-bond acceptors (Lipinski definition) is 4. The molecule has 5 nitrogen and oxygen atoms in total. The van der Waals surface area contributed by atoms with Crippen LogP contribution < -0.4 is 0 Å². The van der Waals surface area contributed by atoms with E-state index in [-0.39, 0.29) is 0 Å². The Labute approximate surface area is 87.1 Å². The number of nitro groups is 1. The lowest BCUT2D eigenvalue weighted by Gasteiger charge is -2.02. The molecule has 1 rings (SSSR count). The zero-order valence-corrected chi connectivity index (χ0v) is 7.70. The molecule has 1 aromatic heterocycles. The highest BCUT2D eigenvalue weighted by Gasteiger charge is 2.28. The largest absolute Gasteiger partial charge is 0.300 e. The van der Waals surface area contributed by atoms with Crippen molar-refractivity contribution in [1.29, 1.82) is 5.26 Å². The van der Waals surface area contributed by atoms with Crippen molar-refractivity contribution in [2.75, 3.05) is 0 Å². The van der Waals surface area contributed by atoms with E-state index in [1.54, 1.807) is 0 Å². The Morgan fingerprint density at radius 1 is 1.67 bits per heavy atom. The number of nitrogens with zero attached hydrogens (tertiary/aromatic N) is 3. The van der Waals surface area contributed by atoms with E-state index in [4.69, 9.17) is 16.9 Å². The third-order valence-electron chi connectivity index (χ3n) is 1.56. The van der Waals surface area contributed by atoms with E-state index in [0.717, 1.165) is 0 Å². The molecule has 0 saturated heterocycles. The molecule has 1 aromatic rings. The number of hydrogen-bond donors (Lipinski definition) is 0. The quantitative estimate of drug-likeness (QED) is 0.446. The molecule has 78 valence electrons. The second-order valence-corrected chi connectivity index (χ2v) is 2.76. The summed E-state index contributed by atoms with van der Waals surface area (Å²) in [6.07, 6.45) is -2.49. The van der Waals surface area contributed by atoms with Gasteiger partial charge < -0.3 is 0 Å². The predicted molar refractivity (Wildman–Crippen MR) is 45.6 cm³/mol. The lowest BCUT2D eigenvalue weighted by molar-refractivity contribution is -0.386. The summed E-state index contributed by atoms with van der Waals surface area (Å²) in [5.41, 5.74) is -2.56. The standard InChI is InChI=1S/C7H2ClF2N3O2/c8-6-3(1-11)5(13(14)15)4(2-12-6)7(9)10/h2,7H. The monoisotopic (exact) mass is 233 g/mol.